The number of thiazole rings is 1. The van der Waals surface area contributed by atoms with Gasteiger partial charge in [0.1, 0.15) is 5.82 Å². The van der Waals surface area contributed by atoms with E-state index in [9.17, 15) is 9.18 Å². The molecular formula is C18H17ClFN3OS. The number of nitrogens with zero attached hydrogens (tertiary/aromatic N) is 3. The first-order chi connectivity index (χ1) is 12.0. The molecule has 0 fully saturated rings. The van der Waals surface area contributed by atoms with Crippen molar-refractivity contribution in [3.8, 4) is 0 Å². The lowest BCUT2D eigenvalue weighted by Gasteiger charge is -2.22. The number of carbonyl (C=O) groups excluding carboxylic acids is 1. The molecule has 4 nitrogen and oxygen atoms in total. The highest BCUT2D eigenvalue weighted by Crippen LogP contribution is 2.31. The molecule has 0 aliphatic rings. The molecule has 0 unspecified atom stereocenters. The van der Waals surface area contributed by atoms with Gasteiger partial charge >= 0.3 is 0 Å². The summed E-state index contributed by atoms with van der Waals surface area (Å²) < 4.78 is 15.0. The van der Waals surface area contributed by atoms with Crippen molar-refractivity contribution in [2.75, 3.05) is 32.1 Å². The standard InChI is InChI=1S/C18H17ClFN3OS/c1-22(2)9-10-23(17(24)13-5-3-4-6-14(13)20)18-21-15-8-7-12(19)11-16(15)25-18/h3-8,11H,9-10H2,1-2H3. The number of hydrogen-bond acceptors (Lipinski definition) is 4. The molecule has 0 saturated carbocycles. The minimum atomic E-state index is -0.536. The SMILES string of the molecule is CN(C)CCN(C(=O)c1ccccc1F)c1nc2ccc(Cl)cc2s1. The molecule has 3 rings (SSSR count). The van der Waals surface area contributed by atoms with Crippen molar-refractivity contribution in [1.82, 2.24) is 9.88 Å². The zero-order chi connectivity index (χ0) is 18.0. The number of anilines is 1. The Kier molecular flexibility index (Phi) is 5.32. The van der Waals surface area contributed by atoms with E-state index in [1.54, 1.807) is 18.2 Å². The van der Waals surface area contributed by atoms with Gasteiger partial charge in [0.2, 0.25) is 0 Å². The van der Waals surface area contributed by atoms with Crippen LogP contribution in [0.4, 0.5) is 9.52 Å². The maximum atomic E-state index is 14.1. The minimum absolute atomic E-state index is 0.0403. The zero-order valence-electron chi connectivity index (χ0n) is 13.9. The normalized spacial score (nSPS) is 11.2. The molecule has 0 bridgehead atoms. The summed E-state index contributed by atoms with van der Waals surface area (Å²) in [4.78, 5) is 21.0. The van der Waals surface area contributed by atoms with Gasteiger partial charge in [0.15, 0.2) is 5.13 Å². The molecule has 0 saturated heterocycles. The molecule has 1 aromatic heterocycles. The Labute approximate surface area is 154 Å². The van der Waals surface area contributed by atoms with E-state index in [1.807, 2.05) is 31.1 Å². The lowest BCUT2D eigenvalue weighted by atomic mass is 10.2. The smallest absolute Gasteiger partial charge is 0.263 e. The summed E-state index contributed by atoms with van der Waals surface area (Å²) in [6.07, 6.45) is 0. The van der Waals surface area contributed by atoms with Gasteiger partial charge in [-0.05, 0) is 44.4 Å². The van der Waals surface area contributed by atoms with Crippen LogP contribution in [0, 0.1) is 5.82 Å². The number of hydrogen-bond donors (Lipinski definition) is 0. The van der Waals surface area contributed by atoms with Crippen LogP contribution in [-0.4, -0.2) is 43.0 Å². The molecule has 7 heteroatoms. The maximum Gasteiger partial charge on any atom is 0.263 e. The summed E-state index contributed by atoms with van der Waals surface area (Å²) in [5, 5.41) is 1.15. The van der Waals surface area contributed by atoms with Gasteiger partial charge in [-0.2, -0.15) is 0 Å². The Morgan fingerprint density at radius 3 is 2.68 bits per heavy atom. The summed E-state index contributed by atoms with van der Waals surface area (Å²) in [6, 6.07) is 11.4. The van der Waals surface area contributed by atoms with Crippen LogP contribution in [0.1, 0.15) is 10.4 Å². The highest BCUT2D eigenvalue weighted by Gasteiger charge is 2.23. The average molecular weight is 378 g/mol. The molecule has 0 aliphatic heterocycles. The highest BCUT2D eigenvalue weighted by atomic mass is 35.5. The van der Waals surface area contributed by atoms with Crippen molar-refractivity contribution < 1.29 is 9.18 Å². The quantitative estimate of drug-likeness (QED) is 0.665. The topological polar surface area (TPSA) is 36.4 Å². The number of halogens is 2. The lowest BCUT2D eigenvalue weighted by Crippen LogP contribution is -2.37. The maximum absolute atomic E-state index is 14.1. The van der Waals surface area contributed by atoms with Gasteiger partial charge in [-0.3, -0.25) is 9.69 Å². The van der Waals surface area contributed by atoms with Crippen molar-refractivity contribution in [2.24, 2.45) is 0 Å². The van der Waals surface area contributed by atoms with E-state index in [0.717, 1.165) is 10.2 Å². The van der Waals surface area contributed by atoms with E-state index >= 15 is 0 Å². The monoisotopic (exact) mass is 377 g/mol. The minimum Gasteiger partial charge on any atom is -0.308 e. The van der Waals surface area contributed by atoms with E-state index in [1.165, 1.54) is 28.4 Å². The predicted molar refractivity (Wildman–Crippen MR) is 101 cm³/mol. The molecule has 1 amide bonds. The Balaban J connectivity index is 2.01. The van der Waals surface area contributed by atoms with Gasteiger partial charge in [0.05, 0.1) is 15.8 Å². The van der Waals surface area contributed by atoms with Gasteiger partial charge in [-0.1, -0.05) is 35.1 Å². The molecule has 25 heavy (non-hydrogen) atoms. The van der Waals surface area contributed by atoms with Crippen LogP contribution in [0.2, 0.25) is 5.02 Å². The Morgan fingerprint density at radius 2 is 1.96 bits per heavy atom. The first-order valence-electron chi connectivity index (χ1n) is 7.73. The molecule has 0 aliphatic carbocycles. The molecule has 0 radical (unpaired) electrons. The first-order valence-corrected chi connectivity index (χ1v) is 8.92. The first kappa shape index (κ1) is 17.8. The van der Waals surface area contributed by atoms with Crippen molar-refractivity contribution in [3.63, 3.8) is 0 Å². The second-order valence-corrected chi connectivity index (χ2v) is 7.29. The van der Waals surface area contributed by atoms with Gasteiger partial charge in [-0.25, -0.2) is 9.37 Å². The summed E-state index contributed by atoms with van der Waals surface area (Å²) in [7, 11) is 3.84. The Morgan fingerprint density at radius 1 is 1.20 bits per heavy atom. The van der Waals surface area contributed by atoms with Crippen LogP contribution in [0.15, 0.2) is 42.5 Å². The number of aromatic nitrogens is 1. The van der Waals surface area contributed by atoms with E-state index in [0.29, 0.717) is 23.2 Å². The molecule has 0 atom stereocenters. The van der Waals surface area contributed by atoms with Crippen molar-refractivity contribution in [2.45, 2.75) is 0 Å². The van der Waals surface area contributed by atoms with Crippen LogP contribution < -0.4 is 4.90 Å². The van der Waals surface area contributed by atoms with Gasteiger partial charge in [0, 0.05) is 18.1 Å². The van der Waals surface area contributed by atoms with Gasteiger partial charge < -0.3 is 4.90 Å². The van der Waals surface area contributed by atoms with Gasteiger partial charge in [-0.15, -0.1) is 0 Å². The fraction of sp³-hybridized carbons (Fsp3) is 0.222. The predicted octanol–water partition coefficient (Wildman–Crippen LogP) is 4.30. The van der Waals surface area contributed by atoms with Crippen LogP contribution >= 0.6 is 22.9 Å². The summed E-state index contributed by atoms with van der Waals surface area (Å²) in [5.41, 5.74) is 0.805. The second-order valence-electron chi connectivity index (χ2n) is 5.85. The van der Waals surface area contributed by atoms with E-state index < -0.39 is 11.7 Å². The Bertz CT molecular complexity index is 912. The third-order valence-corrected chi connectivity index (χ3v) is 4.97. The van der Waals surface area contributed by atoms with Crippen molar-refractivity contribution in [3.05, 3.63) is 58.9 Å². The van der Waals surface area contributed by atoms with E-state index in [4.69, 9.17) is 11.6 Å². The number of rotatable bonds is 5. The van der Waals surface area contributed by atoms with Crippen LogP contribution in [0.5, 0.6) is 0 Å². The number of benzene rings is 2. The molecule has 1 heterocycles. The van der Waals surface area contributed by atoms with Crippen LogP contribution in [0.3, 0.4) is 0 Å². The van der Waals surface area contributed by atoms with E-state index in [2.05, 4.69) is 4.98 Å². The van der Waals surface area contributed by atoms with Crippen molar-refractivity contribution >= 4 is 44.2 Å². The van der Waals surface area contributed by atoms with Gasteiger partial charge in [0.25, 0.3) is 5.91 Å². The fourth-order valence-corrected chi connectivity index (χ4v) is 3.63. The highest BCUT2D eigenvalue weighted by molar-refractivity contribution is 7.22. The van der Waals surface area contributed by atoms with Crippen LogP contribution in [-0.2, 0) is 0 Å². The van der Waals surface area contributed by atoms with Crippen LogP contribution in [0.25, 0.3) is 10.2 Å². The number of fused-ring (bicyclic) bond motifs is 1. The van der Waals surface area contributed by atoms with Crippen molar-refractivity contribution in [1.29, 1.82) is 0 Å². The molecular weight excluding hydrogens is 361 g/mol. The molecule has 3 aromatic rings. The molecule has 0 spiro atoms. The zero-order valence-corrected chi connectivity index (χ0v) is 15.4. The third-order valence-electron chi connectivity index (χ3n) is 3.69. The summed E-state index contributed by atoms with van der Waals surface area (Å²) >= 11 is 7.40. The summed E-state index contributed by atoms with van der Waals surface area (Å²) in [6.45, 7) is 1.05. The summed E-state index contributed by atoms with van der Waals surface area (Å²) in [5.74, 6) is -0.934. The molecule has 0 N–H and O–H groups in total. The average Bonchev–Trinajstić information content (AvgIpc) is 2.97. The molecule has 2 aromatic carbocycles. The second kappa shape index (κ2) is 7.47. The third kappa shape index (κ3) is 3.98. The molecule has 130 valence electrons. The number of likely N-dealkylation sites (N-methyl/N-ethyl adjacent to an activating group) is 1. The number of carbonyl (C=O) groups is 1. The fourth-order valence-electron chi connectivity index (χ4n) is 2.37. The number of amides is 1. The largest absolute Gasteiger partial charge is 0.308 e. The lowest BCUT2D eigenvalue weighted by molar-refractivity contribution is 0.0981. The van der Waals surface area contributed by atoms with E-state index in [-0.39, 0.29) is 5.56 Å². The Hall–Kier alpha value is -2.02.